The van der Waals surface area contributed by atoms with Crippen molar-refractivity contribution in [1.82, 2.24) is 0 Å². The van der Waals surface area contributed by atoms with Crippen molar-refractivity contribution in [2.45, 2.75) is 80.0 Å². The topological polar surface area (TPSA) is 120 Å². The lowest BCUT2D eigenvalue weighted by Crippen LogP contribution is -2.65. The molecule has 0 saturated heterocycles. The fourth-order valence-electron chi connectivity index (χ4n) is 5.58. The molecule has 0 rings (SSSR count). The van der Waals surface area contributed by atoms with Gasteiger partial charge in [0.2, 0.25) is 6.36 Å². The van der Waals surface area contributed by atoms with E-state index in [0.29, 0.717) is 0 Å². The molecule has 0 aromatic carbocycles. The lowest BCUT2D eigenvalue weighted by molar-refractivity contribution is -0.486. The molecule has 0 radical (unpaired) electrons. The van der Waals surface area contributed by atoms with Gasteiger partial charge in [0.05, 0.1) is 105 Å². The summed E-state index contributed by atoms with van der Waals surface area (Å²) in [5.74, 6) is -13.4. The third kappa shape index (κ3) is 27.4. The summed E-state index contributed by atoms with van der Waals surface area (Å²) < 4.78 is 355. The van der Waals surface area contributed by atoms with Crippen LogP contribution < -0.4 is 0 Å². The zero-order valence-electron chi connectivity index (χ0n) is 41.8. The first-order chi connectivity index (χ1) is 36.0. The Morgan fingerprint density at radius 2 is 0.615 bits per heavy atom. The number of rotatable bonds is 52. The quantitative estimate of drug-likeness (QED) is 0.0327. The van der Waals surface area contributed by atoms with Crippen LogP contribution in [0.2, 0.25) is 0 Å². The summed E-state index contributed by atoms with van der Waals surface area (Å²) in [5.41, 5.74) is -11.0. The van der Waals surface area contributed by atoms with Gasteiger partial charge in [-0.3, -0.25) is 14.2 Å². The van der Waals surface area contributed by atoms with Gasteiger partial charge in [0.1, 0.15) is 39.6 Å². The molecule has 0 aliphatic rings. The van der Waals surface area contributed by atoms with Gasteiger partial charge in [0.15, 0.2) is 10.8 Å². The maximum atomic E-state index is 17.3. The van der Waals surface area contributed by atoms with Gasteiger partial charge in [0, 0.05) is 0 Å². The average Bonchev–Trinajstić information content (AvgIpc) is 3.30. The summed E-state index contributed by atoms with van der Waals surface area (Å²) in [5, 5.41) is 0. The highest BCUT2D eigenvalue weighted by Gasteiger charge is 2.75. The van der Waals surface area contributed by atoms with Crippen molar-refractivity contribution in [3.63, 3.8) is 0 Å². The van der Waals surface area contributed by atoms with Gasteiger partial charge in [-0.25, -0.2) is 30.7 Å². The molecule has 2 unspecified atom stereocenters. The standard InChI is InChI=1S/C46H63F19O13/c1-7-16-66-22-13-41(54,55)76-35(47)36(25-72-32-38(48,49)29-69-19-10-4,44(60,61)77-42(56,57)14-23-67-17-8-2)26-75-45(62,63)37(27-73-33-39(50,51)30-70-20-11-5,28-74-34-40(52,53)31-71-21-12-6)46(64,65)78-43(58,59)15-24-68-18-9-3/h7-12,35H,1-6,13-34H2. The molecule has 32 heteroatoms. The van der Waals surface area contributed by atoms with E-state index in [1.165, 1.54) is 0 Å². The maximum absolute atomic E-state index is 17.3. The van der Waals surface area contributed by atoms with Crippen molar-refractivity contribution in [2.24, 2.45) is 10.8 Å². The van der Waals surface area contributed by atoms with E-state index in [-0.39, 0.29) is 0 Å². The molecular weight excluding hydrogens is 1120 g/mol. The van der Waals surface area contributed by atoms with Gasteiger partial charge in [-0.05, 0) is 0 Å². The van der Waals surface area contributed by atoms with E-state index in [4.69, 9.17) is 0 Å². The highest BCUT2D eigenvalue weighted by molar-refractivity contribution is 4.99. The van der Waals surface area contributed by atoms with Crippen molar-refractivity contribution in [3.8, 4) is 0 Å². The smallest absolute Gasteiger partial charge is 0.377 e. The summed E-state index contributed by atoms with van der Waals surface area (Å²) in [6.07, 6.45) is -41.3. The number of hydrogen-bond acceptors (Lipinski definition) is 13. The van der Waals surface area contributed by atoms with Crippen molar-refractivity contribution < 1.29 is 145 Å². The monoisotopic (exact) mass is 1180 g/mol. The zero-order valence-corrected chi connectivity index (χ0v) is 41.8. The van der Waals surface area contributed by atoms with Crippen LogP contribution in [0.15, 0.2) is 75.9 Å². The van der Waals surface area contributed by atoms with E-state index in [1.807, 2.05) is 0 Å². The highest BCUT2D eigenvalue weighted by atomic mass is 19.3. The molecule has 0 aliphatic carbocycles. The van der Waals surface area contributed by atoms with E-state index >= 15 is 57.1 Å². The largest absolute Gasteiger partial charge is 0.378 e. The Balaban J connectivity index is 8.58. The first kappa shape index (κ1) is 74.6. The predicted octanol–water partition coefficient (Wildman–Crippen LogP) is 11.2. The van der Waals surface area contributed by atoms with Gasteiger partial charge in [0.25, 0.3) is 17.8 Å². The van der Waals surface area contributed by atoms with Crippen LogP contribution in [-0.4, -0.2) is 186 Å². The first-order valence-corrected chi connectivity index (χ1v) is 22.6. The summed E-state index contributed by atoms with van der Waals surface area (Å²) in [6, 6.07) is 0. The van der Waals surface area contributed by atoms with E-state index in [0.717, 1.165) is 36.5 Å². The number of hydrogen-bond donors (Lipinski definition) is 0. The number of halogens is 19. The summed E-state index contributed by atoms with van der Waals surface area (Å²) in [4.78, 5) is 0. The SMILES string of the molecule is C=CCOCCC(F)(F)OC(F)C(COCC(F)(F)COCC=C)(COC(F)(F)C(COCC(F)(F)COCC=C)(COCC(F)(F)COCC=C)C(F)(F)OC(F)(F)CCOCC=C)C(F)(F)OC(F)(F)CCOCC=C. The van der Waals surface area contributed by atoms with Gasteiger partial charge in [-0.1, -0.05) is 36.5 Å². The summed E-state index contributed by atoms with van der Waals surface area (Å²) in [7, 11) is 0. The zero-order chi connectivity index (χ0) is 60.1. The molecule has 13 nitrogen and oxygen atoms in total. The van der Waals surface area contributed by atoms with Crippen LogP contribution in [0.4, 0.5) is 83.4 Å². The summed E-state index contributed by atoms with van der Waals surface area (Å²) in [6.45, 7) is -13.2. The van der Waals surface area contributed by atoms with E-state index in [2.05, 4.69) is 101 Å². The van der Waals surface area contributed by atoms with Crippen molar-refractivity contribution in [1.29, 1.82) is 0 Å². The molecule has 0 saturated carbocycles. The van der Waals surface area contributed by atoms with Crippen molar-refractivity contribution >= 4 is 0 Å². The summed E-state index contributed by atoms with van der Waals surface area (Å²) >= 11 is 0. The molecule has 0 spiro atoms. The van der Waals surface area contributed by atoms with Crippen LogP contribution in [0.3, 0.4) is 0 Å². The highest BCUT2D eigenvalue weighted by Crippen LogP contribution is 2.55. The number of ether oxygens (including phenoxy) is 13. The fourth-order valence-corrected chi connectivity index (χ4v) is 5.58. The molecule has 0 bridgehead atoms. The first-order valence-electron chi connectivity index (χ1n) is 22.6. The van der Waals surface area contributed by atoms with Crippen LogP contribution >= 0.6 is 0 Å². The lowest BCUT2D eigenvalue weighted by Gasteiger charge is -2.47. The van der Waals surface area contributed by atoms with E-state index in [9.17, 15) is 26.3 Å². The molecule has 0 aliphatic heterocycles. The second-order valence-electron chi connectivity index (χ2n) is 16.4. The Bertz CT molecular complexity index is 1720. The molecule has 0 aromatic rings. The Kier molecular flexibility index (Phi) is 32.6. The van der Waals surface area contributed by atoms with Crippen molar-refractivity contribution in [2.75, 3.05) is 126 Å². The molecule has 0 amide bonds. The second kappa shape index (κ2) is 34.1. The molecular formula is C46H63F19O13. The minimum Gasteiger partial charge on any atom is -0.377 e. The van der Waals surface area contributed by atoms with Gasteiger partial charge in [-0.2, -0.15) is 52.7 Å². The van der Waals surface area contributed by atoms with Crippen molar-refractivity contribution in [3.05, 3.63) is 75.9 Å². The Morgan fingerprint density at radius 3 is 0.962 bits per heavy atom. The molecule has 0 N–H and O–H groups in total. The minimum atomic E-state index is -6.68. The third-order valence-electron chi connectivity index (χ3n) is 9.43. The van der Waals surface area contributed by atoms with Crippen LogP contribution in [0.25, 0.3) is 0 Å². The second-order valence-corrected chi connectivity index (χ2v) is 16.4. The van der Waals surface area contributed by atoms with Gasteiger partial charge < -0.3 is 47.4 Å². The maximum Gasteiger partial charge on any atom is 0.378 e. The molecule has 458 valence electrons. The van der Waals surface area contributed by atoms with Crippen LogP contribution in [-0.2, 0) is 61.6 Å². The number of alkyl halides is 19. The Labute approximate surface area is 437 Å². The van der Waals surface area contributed by atoms with E-state index in [1.54, 1.807) is 0 Å². The Hall–Kier alpha value is -3.41. The minimum absolute atomic E-state index is 0.530. The molecule has 0 aromatic heterocycles. The molecule has 78 heavy (non-hydrogen) atoms. The Morgan fingerprint density at radius 1 is 0.321 bits per heavy atom. The molecule has 2 atom stereocenters. The van der Waals surface area contributed by atoms with Crippen LogP contribution in [0, 0.1) is 10.8 Å². The predicted molar refractivity (Wildman–Crippen MR) is 236 cm³/mol. The van der Waals surface area contributed by atoms with Gasteiger partial charge in [-0.15, -0.1) is 39.5 Å². The van der Waals surface area contributed by atoms with E-state index < -0.39 is 216 Å². The van der Waals surface area contributed by atoms with Gasteiger partial charge >= 0.3 is 36.7 Å². The normalized spacial score (nSPS) is 15.0. The molecule has 0 fully saturated rings. The lowest BCUT2D eigenvalue weighted by atomic mass is 9.84. The van der Waals surface area contributed by atoms with Crippen LogP contribution in [0.5, 0.6) is 0 Å². The fraction of sp³-hybridized carbons (Fsp3) is 0.739. The molecule has 0 heterocycles. The third-order valence-corrected chi connectivity index (χ3v) is 9.43. The average molecular weight is 1180 g/mol. The van der Waals surface area contributed by atoms with Crippen LogP contribution in [0.1, 0.15) is 19.3 Å².